The number of aromatic carboxylic acids is 1. The van der Waals surface area contributed by atoms with E-state index in [0.29, 0.717) is 20.5 Å². The van der Waals surface area contributed by atoms with Crippen LogP contribution in [0.1, 0.15) is 15.2 Å². The molecule has 0 fully saturated rings. The normalized spacial score (nSPS) is 10.5. The molecule has 0 aliphatic rings. The lowest BCUT2D eigenvalue weighted by atomic mass is 10.1. The number of hydrogen-bond acceptors (Lipinski definition) is 5. The van der Waals surface area contributed by atoms with Crippen molar-refractivity contribution in [1.29, 1.82) is 0 Å². The van der Waals surface area contributed by atoms with Crippen LogP contribution in [0.15, 0.2) is 28.7 Å². The number of carbonyl (C=O) groups is 2. The molecule has 0 unspecified atom stereocenters. The van der Waals surface area contributed by atoms with Crippen molar-refractivity contribution in [3.05, 3.63) is 39.2 Å². The molecule has 0 spiro atoms. The van der Waals surface area contributed by atoms with Crippen LogP contribution in [0.5, 0.6) is 5.75 Å². The van der Waals surface area contributed by atoms with Crippen LogP contribution in [0, 0.1) is 0 Å². The lowest BCUT2D eigenvalue weighted by Gasteiger charge is -2.06. The predicted octanol–water partition coefficient (Wildman–Crippen LogP) is 2.83. The van der Waals surface area contributed by atoms with Crippen LogP contribution in [0.2, 0.25) is 0 Å². The molecular weight excluding hydrogens is 376 g/mol. The summed E-state index contributed by atoms with van der Waals surface area (Å²) in [5.41, 5.74) is 1.29. The minimum atomic E-state index is -1.21. The highest BCUT2D eigenvalue weighted by Gasteiger charge is 2.25. The Morgan fingerprint density at radius 2 is 1.91 bits per heavy atom. The Labute approximate surface area is 137 Å². The van der Waals surface area contributed by atoms with Crippen LogP contribution in [-0.2, 0) is 11.4 Å². The predicted molar refractivity (Wildman–Crippen MR) is 83.5 cm³/mol. The SMILES string of the molecule is O=C(O)COc1c(C(=O)O)sc(-c2ccccc2CO)c1Br. The summed E-state index contributed by atoms with van der Waals surface area (Å²) in [6.07, 6.45) is 0. The molecular formula is C14H11BrO6S. The van der Waals surface area contributed by atoms with Crippen LogP contribution in [-0.4, -0.2) is 33.9 Å². The van der Waals surface area contributed by atoms with Crippen molar-refractivity contribution in [1.82, 2.24) is 0 Å². The van der Waals surface area contributed by atoms with Gasteiger partial charge in [-0.2, -0.15) is 0 Å². The standard InChI is InChI=1S/C14H11BrO6S/c15-10-11(21-6-9(17)18)13(14(19)20)22-12(10)8-4-2-1-3-7(8)5-16/h1-4,16H,5-6H2,(H,17,18)(H,19,20). The van der Waals surface area contributed by atoms with Crippen LogP contribution < -0.4 is 4.74 Å². The van der Waals surface area contributed by atoms with E-state index >= 15 is 0 Å². The Bertz CT molecular complexity index is 724. The molecule has 0 saturated carbocycles. The van der Waals surface area contributed by atoms with E-state index in [4.69, 9.17) is 9.84 Å². The van der Waals surface area contributed by atoms with Gasteiger partial charge >= 0.3 is 11.9 Å². The van der Waals surface area contributed by atoms with Gasteiger partial charge in [0.15, 0.2) is 17.2 Å². The van der Waals surface area contributed by atoms with E-state index < -0.39 is 18.5 Å². The van der Waals surface area contributed by atoms with Crippen LogP contribution >= 0.6 is 27.3 Å². The topological polar surface area (TPSA) is 104 Å². The van der Waals surface area contributed by atoms with Crippen molar-refractivity contribution in [2.45, 2.75) is 6.61 Å². The fraction of sp³-hybridized carbons (Fsp3) is 0.143. The van der Waals surface area contributed by atoms with E-state index in [1.807, 2.05) is 0 Å². The largest absolute Gasteiger partial charge is 0.479 e. The Morgan fingerprint density at radius 1 is 1.23 bits per heavy atom. The average Bonchev–Trinajstić information content (AvgIpc) is 2.82. The van der Waals surface area contributed by atoms with Gasteiger partial charge in [0.25, 0.3) is 0 Å². The number of ether oxygens (including phenoxy) is 1. The molecule has 0 aliphatic heterocycles. The first-order valence-electron chi connectivity index (χ1n) is 6.05. The van der Waals surface area contributed by atoms with E-state index in [0.717, 1.165) is 11.3 Å². The molecule has 3 N–H and O–H groups in total. The maximum atomic E-state index is 11.3. The van der Waals surface area contributed by atoms with E-state index in [2.05, 4.69) is 15.9 Å². The molecule has 0 amide bonds. The van der Waals surface area contributed by atoms with Crippen molar-refractivity contribution in [2.24, 2.45) is 0 Å². The third kappa shape index (κ3) is 3.29. The molecule has 8 heteroatoms. The highest BCUT2D eigenvalue weighted by atomic mass is 79.9. The zero-order valence-corrected chi connectivity index (χ0v) is 13.5. The molecule has 1 heterocycles. The molecule has 6 nitrogen and oxygen atoms in total. The Kier molecular flexibility index (Phi) is 5.17. The van der Waals surface area contributed by atoms with E-state index in [9.17, 15) is 19.8 Å². The number of carboxylic acids is 2. The van der Waals surface area contributed by atoms with Gasteiger partial charge < -0.3 is 20.1 Å². The van der Waals surface area contributed by atoms with Gasteiger partial charge in [-0.25, -0.2) is 9.59 Å². The Morgan fingerprint density at radius 3 is 2.50 bits per heavy atom. The highest BCUT2D eigenvalue weighted by Crippen LogP contribution is 2.46. The quantitative estimate of drug-likeness (QED) is 0.704. The van der Waals surface area contributed by atoms with Gasteiger partial charge in [0.05, 0.1) is 16.0 Å². The van der Waals surface area contributed by atoms with Crippen molar-refractivity contribution < 1.29 is 29.6 Å². The summed E-state index contributed by atoms with van der Waals surface area (Å²) < 4.78 is 5.45. The second kappa shape index (κ2) is 6.91. The molecule has 0 saturated heterocycles. The van der Waals surface area contributed by atoms with Gasteiger partial charge in [-0.15, -0.1) is 11.3 Å². The molecule has 22 heavy (non-hydrogen) atoms. The van der Waals surface area contributed by atoms with Crippen molar-refractivity contribution >= 4 is 39.2 Å². The van der Waals surface area contributed by atoms with Crippen LogP contribution in [0.4, 0.5) is 0 Å². The maximum absolute atomic E-state index is 11.3. The van der Waals surface area contributed by atoms with Crippen LogP contribution in [0.25, 0.3) is 10.4 Å². The third-order valence-electron chi connectivity index (χ3n) is 2.78. The van der Waals surface area contributed by atoms with Crippen molar-refractivity contribution in [3.8, 4) is 16.2 Å². The van der Waals surface area contributed by atoms with Crippen molar-refractivity contribution in [3.63, 3.8) is 0 Å². The highest BCUT2D eigenvalue weighted by molar-refractivity contribution is 9.10. The monoisotopic (exact) mass is 386 g/mol. The molecule has 0 radical (unpaired) electrons. The Hall–Kier alpha value is -1.90. The van der Waals surface area contributed by atoms with Gasteiger partial charge in [-0.05, 0) is 27.1 Å². The number of carboxylic acid groups (broad SMARTS) is 2. The van der Waals surface area contributed by atoms with Crippen LogP contribution in [0.3, 0.4) is 0 Å². The summed E-state index contributed by atoms with van der Waals surface area (Å²) in [5, 5.41) is 27.3. The zero-order valence-electron chi connectivity index (χ0n) is 11.1. The summed E-state index contributed by atoms with van der Waals surface area (Å²) in [7, 11) is 0. The fourth-order valence-corrected chi connectivity index (χ4v) is 3.79. The molecule has 1 aromatic heterocycles. The number of rotatable bonds is 6. The summed E-state index contributed by atoms with van der Waals surface area (Å²) in [4.78, 5) is 22.4. The minimum absolute atomic E-state index is 0.0253. The number of halogens is 1. The lowest BCUT2D eigenvalue weighted by Crippen LogP contribution is -2.11. The smallest absolute Gasteiger partial charge is 0.349 e. The minimum Gasteiger partial charge on any atom is -0.479 e. The number of aliphatic carboxylic acids is 1. The Balaban J connectivity index is 2.56. The van der Waals surface area contributed by atoms with Gasteiger partial charge in [0.1, 0.15) is 0 Å². The van der Waals surface area contributed by atoms with E-state index in [-0.39, 0.29) is 17.2 Å². The first kappa shape index (κ1) is 16.5. The summed E-state index contributed by atoms with van der Waals surface area (Å²) in [5.74, 6) is -2.44. The molecule has 0 atom stereocenters. The lowest BCUT2D eigenvalue weighted by molar-refractivity contribution is -0.139. The van der Waals surface area contributed by atoms with Gasteiger partial charge in [-0.3, -0.25) is 0 Å². The number of aliphatic hydroxyl groups excluding tert-OH is 1. The number of thiophene rings is 1. The molecule has 116 valence electrons. The second-order valence-corrected chi connectivity index (χ2v) is 6.02. The van der Waals surface area contributed by atoms with Gasteiger partial charge in [0.2, 0.25) is 0 Å². The first-order chi connectivity index (χ1) is 10.5. The molecule has 1 aromatic carbocycles. The van der Waals surface area contributed by atoms with Crippen molar-refractivity contribution in [2.75, 3.05) is 6.61 Å². The molecule has 2 aromatic rings. The number of hydrogen-bond donors (Lipinski definition) is 3. The number of benzene rings is 1. The zero-order chi connectivity index (χ0) is 16.3. The molecule has 0 aliphatic carbocycles. The number of aliphatic hydroxyl groups is 1. The summed E-state index contributed by atoms with van der Waals surface area (Å²) >= 11 is 4.22. The van der Waals surface area contributed by atoms with Gasteiger partial charge in [0, 0.05) is 0 Å². The first-order valence-corrected chi connectivity index (χ1v) is 7.66. The van der Waals surface area contributed by atoms with Gasteiger partial charge in [-0.1, -0.05) is 24.3 Å². The summed E-state index contributed by atoms with van der Waals surface area (Å²) in [6, 6.07) is 6.99. The third-order valence-corrected chi connectivity index (χ3v) is 4.99. The maximum Gasteiger partial charge on any atom is 0.349 e. The fourth-order valence-electron chi connectivity index (χ4n) is 1.85. The van der Waals surface area contributed by atoms with E-state index in [1.54, 1.807) is 24.3 Å². The van der Waals surface area contributed by atoms with E-state index in [1.165, 1.54) is 0 Å². The average molecular weight is 387 g/mol. The molecule has 2 rings (SSSR count). The second-order valence-electron chi connectivity index (χ2n) is 4.21. The molecule has 0 bridgehead atoms. The summed E-state index contributed by atoms with van der Waals surface area (Å²) in [6.45, 7) is -0.842.